The van der Waals surface area contributed by atoms with Crippen LogP contribution in [0.2, 0.25) is 0 Å². The Morgan fingerprint density at radius 1 is 1.00 bits per heavy atom. The second kappa shape index (κ2) is 13.2. The number of aliphatic hydroxyl groups excluding tert-OH is 2. The average Bonchev–Trinajstić information content (AvgIpc) is 2.21. The van der Waals surface area contributed by atoms with Gasteiger partial charge in [-0.3, -0.25) is 0 Å². The molecule has 0 aromatic heterocycles. The van der Waals surface area contributed by atoms with Gasteiger partial charge in [0.2, 0.25) is 0 Å². The van der Waals surface area contributed by atoms with Gasteiger partial charge in [-0.15, -0.1) is 0 Å². The Hall–Kier alpha value is 0.190. The van der Waals surface area contributed by atoms with E-state index >= 15 is 0 Å². The molecular weight excluding hydrogens is 202 g/mol. The lowest BCUT2D eigenvalue weighted by Crippen LogP contribution is -2.22. The fraction of sp³-hybridized carbons (Fsp3) is 1.00. The topological polar surface area (TPSA) is 61.7 Å². The van der Waals surface area contributed by atoms with Crippen LogP contribution in [-0.4, -0.2) is 61.2 Å². The van der Waals surface area contributed by atoms with Crippen molar-refractivity contribution >= 4 is 11.8 Å². The molecule has 0 amide bonds. The van der Waals surface area contributed by atoms with Gasteiger partial charge >= 0.3 is 0 Å². The number of aliphatic hydroxyl groups is 2. The van der Waals surface area contributed by atoms with Crippen LogP contribution in [-0.2, 0) is 4.74 Å². The summed E-state index contributed by atoms with van der Waals surface area (Å²) in [7, 11) is 0. The molecule has 0 aromatic carbocycles. The summed E-state index contributed by atoms with van der Waals surface area (Å²) in [4.78, 5) is 0. The molecule has 0 aliphatic rings. The molecule has 0 rings (SSSR count). The molecule has 86 valence electrons. The minimum Gasteiger partial charge on any atom is -0.396 e. The van der Waals surface area contributed by atoms with Crippen LogP contribution in [0.1, 0.15) is 6.42 Å². The fourth-order valence-electron chi connectivity index (χ4n) is 0.849. The van der Waals surface area contributed by atoms with Crippen LogP contribution in [0.4, 0.5) is 0 Å². The highest BCUT2D eigenvalue weighted by Crippen LogP contribution is 1.99. The van der Waals surface area contributed by atoms with Crippen molar-refractivity contribution in [2.24, 2.45) is 0 Å². The maximum atomic E-state index is 8.52. The van der Waals surface area contributed by atoms with E-state index in [9.17, 15) is 0 Å². The number of rotatable bonds is 11. The van der Waals surface area contributed by atoms with Gasteiger partial charge in [0, 0.05) is 25.4 Å². The summed E-state index contributed by atoms with van der Waals surface area (Å²) < 4.78 is 5.08. The number of hydrogen-bond acceptors (Lipinski definition) is 5. The quantitative estimate of drug-likeness (QED) is 0.420. The normalized spacial score (nSPS) is 10.7. The number of ether oxygens (including phenoxy) is 1. The van der Waals surface area contributed by atoms with Crippen LogP contribution in [0.3, 0.4) is 0 Å². The Bertz CT molecular complexity index is 94.1. The van der Waals surface area contributed by atoms with E-state index < -0.39 is 0 Å². The molecule has 0 atom stereocenters. The SMILES string of the molecule is OCCCSCCNCCOCCO. The average molecular weight is 223 g/mol. The molecule has 3 N–H and O–H groups in total. The highest BCUT2D eigenvalue weighted by Gasteiger charge is 1.90. The van der Waals surface area contributed by atoms with Crippen LogP contribution >= 0.6 is 11.8 Å². The Balaban J connectivity index is 2.78. The Morgan fingerprint density at radius 3 is 2.57 bits per heavy atom. The van der Waals surface area contributed by atoms with E-state index in [0.29, 0.717) is 13.2 Å². The highest BCUT2D eigenvalue weighted by atomic mass is 32.2. The van der Waals surface area contributed by atoms with Crippen molar-refractivity contribution < 1.29 is 14.9 Å². The molecule has 4 nitrogen and oxygen atoms in total. The summed E-state index contributed by atoms with van der Waals surface area (Å²) >= 11 is 1.84. The fourth-order valence-corrected chi connectivity index (χ4v) is 1.67. The molecular formula is C9H21NO3S. The second-order valence-corrected chi connectivity index (χ2v) is 4.00. The molecule has 0 bridgehead atoms. The molecule has 0 saturated heterocycles. The lowest BCUT2D eigenvalue weighted by Gasteiger charge is -2.04. The third-order valence-corrected chi connectivity index (χ3v) is 2.60. The minimum atomic E-state index is 0.0943. The van der Waals surface area contributed by atoms with Crippen molar-refractivity contribution in [3.63, 3.8) is 0 Å². The van der Waals surface area contributed by atoms with Crippen molar-refractivity contribution in [2.45, 2.75) is 6.42 Å². The van der Waals surface area contributed by atoms with Gasteiger partial charge in [-0.2, -0.15) is 11.8 Å². The molecule has 14 heavy (non-hydrogen) atoms. The van der Waals surface area contributed by atoms with Crippen molar-refractivity contribution in [1.29, 1.82) is 0 Å². The first kappa shape index (κ1) is 14.2. The van der Waals surface area contributed by atoms with E-state index in [0.717, 1.165) is 31.0 Å². The summed E-state index contributed by atoms with van der Waals surface area (Å²) in [5, 5.41) is 20.2. The van der Waals surface area contributed by atoms with Crippen LogP contribution in [0, 0.1) is 0 Å². The third kappa shape index (κ3) is 12.2. The standard InChI is InChI=1S/C9H21NO3S/c11-4-1-8-14-9-3-10-2-6-13-7-5-12/h10-12H,1-9H2. The van der Waals surface area contributed by atoms with E-state index in [2.05, 4.69) is 5.32 Å². The molecule has 0 heterocycles. The molecule has 0 fully saturated rings. The number of thioether (sulfide) groups is 1. The third-order valence-electron chi connectivity index (χ3n) is 1.53. The molecule has 0 saturated carbocycles. The highest BCUT2D eigenvalue weighted by molar-refractivity contribution is 7.99. The molecule has 0 aliphatic carbocycles. The van der Waals surface area contributed by atoms with Crippen molar-refractivity contribution in [3.05, 3.63) is 0 Å². The zero-order valence-corrected chi connectivity index (χ0v) is 9.39. The van der Waals surface area contributed by atoms with E-state index in [4.69, 9.17) is 14.9 Å². The first-order chi connectivity index (χ1) is 6.91. The zero-order valence-electron chi connectivity index (χ0n) is 8.57. The van der Waals surface area contributed by atoms with Crippen molar-refractivity contribution in [3.8, 4) is 0 Å². The molecule has 0 unspecified atom stereocenters. The summed E-state index contributed by atoms with van der Waals surface area (Å²) in [5.41, 5.74) is 0. The minimum absolute atomic E-state index is 0.0943. The van der Waals surface area contributed by atoms with Gasteiger partial charge in [0.05, 0.1) is 19.8 Å². The first-order valence-electron chi connectivity index (χ1n) is 4.99. The lowest BCUT2D eigenvalue weighted by atomic mass is 10.5. The van der Waals surface area contributed by atoms with Gasteiger partial charge in [0.1, 0.15) is 0 Å². The van der Waals surface area contributed by atoms with Gasteiger partial charge in [-0.1, -0.05) is 0 Å². The van der Waals surface area contributed by atoms with Crippen LogP contribution in [0.15, 0.2) is 0 Å². The van der Waals surface area contributed by atoms with E-state index in [1.807, 2.05) is 11.8 Å². The van der Waals surface area contributed by atoms with Crippen molar-refractivity contribution in [1.82, 2.24) is 5.32 Å². The molecule has 0 aliphatic heterocycles. The zero-order chi connectivity index (χ0) is 10.5. The summed E-state index contributed by atoms with van der Waals surface area (Å²) in [5.74, 6) is 2.10. The number of hydrogen-bond donors (Lipinski definition) is 3. The Morgan fingerprint density at radius 2 is 1.86 bits per heavy atom. The molecule has 0 aromatic rings. The summed E-state index contributed by atoms with van der Waals surface area (Å²) in [6, 6.07) is 0. The maximum Gasteiger partial charge on any atom is 0.0698 e. The number of nitrogens with one attached hydrogen (secondary N) is 1. The van der Waals surface area contributed by atoms with E-state index in [1.54, 1.807) is 0 Å². The van der Waals surface area contributed by atoms with Crippen molar-refractivity contribution in [2.75, 3.05) is 51.0 Å². The second-order valence-electron chi connectivity index (χ2n) is 2.78. The van der Waals surface area contributed by atoms with Gasteiger partial charge in [0.25, 0.3) is 0 Å². The smallest absolute Gasteiger partial charge is 0.0698 e. The lowest BCUT2D eigenvalue weighted by molar-refractivity contribution is 0.0942. The summed E-state index contributed by atoms with van der Waals surface area (Å²) in [6.07, 6.45) is 0.879. The van der Waals surface area contributed by atoms with Crippen LogP contribution < -0.4 is 5.32 Å². The maximum absolute atomic E-state index is 8.52. The van der Waals surface area contributed by atoms with Gasteiger partial charge in [-0.25, -0.2) is 0 Å². The first-order valence-corrected chi connectivity index (χ1v) is 6.15. The monoisotopic (exact) mass is 223 g/mol. The largest absolute Gasteiger partial charge is 0.396 e. The van der Waals surface area contributed by atoms with Crippen LogP contribution in [0.5, 0.6) is 0 Å². The molecule has 0 spiro atoms. The van der Waals surface area contributed by atoms with Gasteiger partial charge in [-0.05, 0) is 12.2 Å². The Labute approximate surface area is 90.0 Å². The molecule has 5 heteroatoms. The predicted molar refractivity (Wildman–Crippen MR) is 59.8 cm³/mol. The van der Waals surface area contributed by atoms with Gasteiger partial charge in [0.15, 0.2) is 0 Å². The Kier molecular flexibility index (Phi) is 13.4. The summed E-state index contributed by atoms with van der Waals surface area (Å²) in [6.45, 7) is 3.26. The molecule has 0 radical (unpaired) electrons. The predicted octanol–water partition coefficient (Wildman–Crippen LogP) is -0.299. The van der Waals surface area contributed by atoms with Crippen LogP contribution in [0.25, 0.3) is 0 Å². The van der Waals surface area contributed by atoms with Gasteiger partial charge < -0.3 is 20.3 Å². The van der Waals surface area contributed by atoms with E-state index in [1.165, 1.54) is 0 Å². The van der Waals surface area contributed by atoms with E-state index in [-0.39, 0.29) is 13.2 Å².